The van der Waals surface area contributed by atoms with Gasteiger partial charge in [0.05, 0.1) is 5.69 Å². The molecule has 0 unspecified atom stereocenters. The number of aryl methyl sites for hydroxylation is 1. The highest BCUT2D eigenvalue weighted by molar-refractivity contribution is 5.89. The van der Waals surface area contributed by atoms with Gasteiger partial charge < -0.3 is 9.64 Å². The van der Waals surface area contributed by atoms with Crippen molar-refractivity contribution in [3.63, 3.8) is 0 Å². The van der Waals surface area contributed by atoms with Gasteiger partial charge in [0.25, 0.3) is 5.91 Å². The number of amides is 1. The third-order valence-corrected chi connectivity index (χ3v) is 4.03. The second-order valence-corrected chi connectivity index (χ2v) is 6.81. The highest BCUT2D eigenvalue weighted by atomic mass is 16.5. The van der Waals surface area contributed by atoms with Crippen molar-refractivity contribution in [1.29, 1.82) is 0 Å². The molecule has 0 N–H and O–H groups in total. The van der Waals surface area contributed by atoms with Crippen LogP contribution < -0.4 is 5.43 Å². The van der Waals surface area contributed by atoms with Crippen LogP contribution in [0, 0.1) is 6.92 Å². The number of ether oxygens (including phenoxy) is 1. The van der Waals surface area contributed by atoms with Crippen LogP contribution in [0.3, 0.4) is 0 Å². The highest BCUT2D eigenvalue weighted by Crippen LogP contribution is 2.09. The average molecular weight is 371 g/mol. The fourth-order valence-corrected chi connectivity index (χ4v) is 2.96. The van der Waals surface area contributed by atoms with Crippen LogP contribution in [-0.2, 0) is 9.53 Å². The molecule has 144 valence electrons. The second-order valence-electron chi connectivity index (χ2n) is 6.81. The number of nitrogens with zero attached hydrogens (tertiary/aromatic N) is 3. The van der Waals surface area contributed by atoms with Crippen molar-refractivity contribution < 1.29 is 14.3 Å². The van der Waals surface area contributed by atoms with Gasteiger partial charge in [0.2, 0.25) is 11.1 Å². The summed E-state index contributed by atoms with van der Waals surface area (Å²) in [6, 6.07) is 10.4. The molecule has 0 spiro atoms. The molecular weight excluding hydrogens is 346 g/mol. The maximum Gasteiger partial charge on any atom is 0.363 e. The van der Waals surface area contributed by atoms with Gasteiger partial charge in [-0.15, -0.1) is 0 Å². The molecule has 1 heterocycles. The number of hydrogen-bond acceptors (Lipinski definition) is 5. The van der Waals surface area contributed by atoms with Gasteiger partial charge in [-0.2, -0.15) is 5.10 Å². The van der Waals surface area contributed by atoms with E-state index >= 15 is 0 Å². The van der Waals surface area contributed by atoms with E-state index in [0.717, 1.165) is 0 Å². The highest BCUT2D eigenvalue weighted by Gasteiger charge is 2.23. The topological polar surface area (TPSA) is 81.5 Å². The molecule has 0 aliphatic carbocycles. The molecular formula is C20H25N3O4. The first kappa shape index (κ1) is 20.4. The van der Waals surface area contributed by atoms with Crippen molar-refractivity contribution in [3.05, 3.63) is 58.0 Å². The zero-order valence-corrected chi connectivity index (χ0v) is 16.3. The van der Waals surface area contributed by atoms with Gasteiger partial charge in [-0.3, -0.25) is 9.59 Å². The Morgan fingerprint density at radius 1 is 1.11 bits per heavy atom. The number of esters is 1. The Morgan fingerprint density at radius 3 is 2.26 bits per heavy atom. The summed E-state index contributed by atoms with van der Waals surface area (Å²) >= 11 is 0. The molecule has 0 fully saturated rings. The smallest absolute Gasteiger partial charge is 0.363 e. The molecule has 1 aromatic heterocycles. The molecule has 7 nitrogen and oxygen atoms in total. The first-order valence-corrected chi connectivity index (χ1v) is 8.87. The number of carbonyl (C=O) groups is 2. The molecule has 0 bridgehead atoms. The van der Waals surface area contributed by atoms with Gasteiger partial charge >= 0.3 is 5.97 Å². The van der Waals surface area contributed by atoms with E-state index in [1.807, 2.05) is 58.0 Å². The third kappa shape index (κ3) is 4.81. The van der Waals surface area contributed by atoms with E-state index < -0.39 is 18.0 Å². The fraction of sp³-hybridized carbons (Fsp3) is 0.400. The Kier molecular flexibility index (Phi) is 6.50. The summed E-state index contributed by atoms with van der Waals surface area (Å²) in [6.07, 6.45) is 0. The number of benzene rings is 1. The number of hydrogen-bond donors (Lipinski definition) is 0. The van der Waals surface area contributed by atoms with Crippen LogP contribution in [0.1, 0.15) is 43.9 Å². The van der Waals surface area contributed by atoms with E-state index in [0.29, 0.717) is 11.4 Å². The minimum absolute atomic E-state index is 0.0241. The molecule has 0 atom stereocenters. The molecule has 0 saturated carbocycles. The fourth-order valence-electron chi connectivity index (χ4n) is 2.96. The number of aromatic nitrogens is 2. The second kappa shape index (κ2) is 8.62. The first-order chi connectivity index (χ1) is 12.7. The van der Waals surface area contributed by atoms with Gasteiger partial charge in [-0.1, -0.05) is 18.2 Å². The summed E-state index contributed by atoms with van der Waals surface area (Å²) in [7, 11) is 0. The standard InChI is InChI=1S/C20H25N3O4/c1-13(2)22(14(3)4)18(25)12-27-20(26)19-17(24)11-15(5)23(21-19)16-9-7-6-8-10-16/h6-11,13-14H,12H2,1-5H3. The van der Waals surface area contributed by atoms with Crippen molar-refractivity contribution in [2.75, 3.05) is 6.61 Å². The number of para-hydroxylation sites is 1. The van der Waals surface area contributed by atoms with Gasteiger partial charge in [-0.25, -0.2) is 9.48 Å². The van der Waals surface area contributed by atoms with E-state index in [1.165, 1.54) is 10.7 Å². The summed E-state index contributed by atoms with van der Waals surface area (Å²) < 4.78 is 6.57. The van der Waals surface area contributed by atoms with Crippen LogP contribution in [0.4, 0.5) is 0 Å². The Labute approximate surface area is 158 Å². The van der Waals surface area contributed by atoms with Crippen LogP contribution in [0.15, 0.2) is 41.2 Å². The van der Waals surface area contributed by atoms with Gasteiger partial charge in [0.15, 0.2) is 6.61 Å². The summed E-state index contributed by atoms with van der Waals surface area (Å²) in [4.78, 5) is 38.5. The number of carbonyl (C=O) groups excluding carboxylic acids is 2. The molecule has 2 rings (SSSR count). The Morgan fingerprint density at radius 2 is 1.70 bits per heavy atom. The summed E-state index contributed by atoms with van der Waals surface area (Å²) in [5, 5.41) is 4.14. The Hall–Kier alpha value is -2.96. The summed E-state index contributed by atoms with van der Waals surface area (Å²) in [5.74, 6) is -1.23. The van der Waals surface area contributed by atoms with Crippen molar-refractivity contribution >= 4 is 11.9 Å². The SMILES string of the molecule is Cc1cc(=O)c(C(=O)OCC(=O)N(C(C)C)C(C)C)nn1-c1ccccc1. The average Bonchev–Trinajstić information content (AvgIpc) is 2.60. The van der Waals surface area contributed by atoms with E-state index in [1.54, 1.807) is 11.8 Å². The lowest BCUT2D eigenvalue weighted by Gasteiger charge is -2.30. The minimum atomic E-state index is -0.912. The maximum atomic E-state index is 12.4. The molecule has 7 heteroatoms. The van der Waals surface area contributed by atoms with Crippen molar-refractivity contribution in [2.24, 2.45) is 0 Å². The molecule has 0 saturated heterocycles. The molecule has 0 aliphatic heterocycles. The lowest BCUT2D eigenvalue weighted by molar-refractivity contribution is -0.138. The van der Waals surface area contributed by atoms with Crippen LogP contribution in [0.5, 0.6) is 0 Å². The van der Waals surface area contributed by atoms with Crippen molar-refractivity contribution in [1.82, 2.24) is 14.7 Å². The van der Waals surface area contributed by atoms with Gasteiger partial charge in [-0.05, 0) is 46.8 Å². The van der Waals surface area contributed by atoms with Crippen LogP contribution in [0.2, 0.25) is 0 Å². The summed E-state index contributed by atoms with van der Waals surface area (Å²) in [6.45, 7) is 8.85. The molecule has 0 radical (unpaired) electrons. The Balaban J connectivity index is 2.22. The molecule has 1 aromatic carbocycles. The van der Waals surface area contributed by atoms with Crippen molar-refractivity contribution in [3.8, 4) is 5.69 Å². The molecule has 0 aliphatic rings. The normalized spacial score (nSPS) is 10.9. The maximum absolute atomic E-state index is 12.4. The van der Waals surface area contributed by atoms with E-state index in [9.17, 15) is 14.4 Å². The largest absolute Gasteiger partial charge is 0.451 e. The third-order valence-electron chi connectivity index (χ3n) is 4.03. The lowest BCUT2D eigenvalue weighted by Crippen LogP contribution is -2.44. The van der Waals surface area contributed by atoms with Gasteiger partial charge in [0, 0.05) is 23.8 Å². The Bertz CT molecular complexity index is 865. The minimum Gasteiger partial charge on any atom is -0.451 e. The predicted molar refractivity (Wildman–Crippen MR) is 102 cm³/mol. The van der Waals surface area contributed by atoms with E-state index in [-0.39, 0.29) is 23.7 Å². The predicted octanol–water partition coefficient (Wildman–Crippen LogP) is 2.34. The van der Waals surface area contributed by atoms with Crippen LogP contribution in [0.25, 0.3) is 5.69 Å². The van der Waals surface area contributed by atoms with Crippen LogP contribution in [-0.4, -0.2) is 45.2 Å². The number of rotatable bonds is 6. The molecule has 2 aromatic rings. The first-order valence-electron chi connectivity index (χ1n) is 8.87. The van der Waals surface area contributed by atoms with Gasteiger partial charge in [0.1, 0.15) is 0 Å². The summed E-state index contributed by atoms with van der Waals surface area (Å²) in [5.41, 5.74) is 0.412. The molecule has 1 amide bonds. The lowest BCUT2D eigenvalue weighted by atomic mass is 10.2. The zero-order valence-electron chi connectivity index (χ0n) is 16.3. The van der Waals surface area contributed by atoms with Crippen molar-refractivity contribution in [2.45, 2.75) is 46.7 Å². The monoisotopic (exact) mass is 371 g/mol. The van der Waals surface area contributed by atoms with Crippen LogP contribution >= 0.6 is 0 Å². The van der Waals surface area contributed by atoms with E-state index in [2.05, 4.69) is 5.10 Å². The zero-order chi connectivity index (χ0) is 20.1. The quantitative estimate of drug-likeness (QED) is 0.728. The molecule has 27 heavy (non-hydrogen) atoms. The van der Waals surface area contributed by atoms with E-state index in [4.69, 9.17) is 4.74 Å².